The van der Waals surface area contributed by atoms with E-state index in [1.807, 2.05) is 0 Å². The Morgan fingerprint density at radius 2 is 1.67 bits per heavy atom. The van der Waals surface area contributed by atoms with Crippen molar-refractivity contribution in [3.05, 3.63) is 0 Å². The molecule has 0 saturated heterocycles. The summed E-state index contributed by atoms with van der Waals surface area (Å²) >= 11 is 0.460. The second-order valence-corrected chi connectivity index (χ2v) is 21.6. The van der Waals surface area contributed by atoms with Crippen molar-refractivity contribution in [2.45, 2.75) is 33.0 Å². The molecule has 0 aliphatic carbocycles. The van der Waals surface area contributed by atoms with Crippen molar-refractivity contribution in [1.82, 2.24) is 0 Å². The van der Waals surface area contributed by atoms with Gasteiger partial charge in [-0.25, -0.2) is 0 Å². The van der Waals surface area contributed by atoms with Crippen molar-refractivity contribution in [2.75, 3.05) is 4.43 Å². The van der Waals surface area contributed by atoms with E-state index < -0.39 is 5.57 Å². The van der Waals surface area contributed by atoms with Crippen molar-refractivity contribution < 1.29 is 19.5 Å². The molecule has 0 aromatic carbocycles. The fourth-order valence-corrected chi connectivity index (χ4v) is 8.22. The third-order valence-electron chi connectivity index (χ3n) is 0.739. The normalized spacial score (nSPS) is 11.1. The topological polar surface area (TPSA) is 0 Å². The maximum Gasteiger partial charge on any atom is 0 e. The third-order valence-corrected chi connectivity index (χ3v) is 12.1. The van der Waals surface area contributed by atoms with Crippen molar-refractivity contribution >= 4 is 26.0 Å². The molecule has 0 fully saturated rings. The molecule has 0 aliphatic heterocycles. The van der Waals surface area contributed by atoms with Crippen LogP contribution in [-0.2, 0) is 19.5 Å². The number of rotatable bonds is 3. The van der Waals surface area contributed by atoms with E-state index in [1.54, 1.807) is 4.43 Å². The second-order valence-electron chi connectivity index (χ2n) is 2.96. The molecule has 0 bridgehead atoms. The Hall–Kier alpha value is 1.57. The Morgan fingerprint density at radius 3 is 1.78 bits per heavy atom. The number of halogens is 1. The molecule has 0 radical (unpaired) electrons. The third kappa shape index (κ3) is 12.7. The van der Waals surface area contributed by atoms with E-state index in [9.17, 15) is 0 Å². The monoisotopic (exact) mass is 346 g/mol. The molecular formula is C6H17IRuSi. The SMILES string of the molecule is CCC[IH][Si](C)(C)C.[Ru]. The van der Waals surface area contributed by atoms with E-state index in [0.717, 1.165) is 0 Å². The van der Waals surface area contributed by atoms with Crippen LogP contribution < -0.4 is 0 Å². The van der Waals surface area contributed by atoms with Crippen LogP contribution in [0.15, 0.2) is 0 Å². The van der Waals surface area contributed by atoms with Crippen LogP contribution in [0.1, 0.15) is 13.3 Å². The van der Waals surface area contributed by atoms with Crippen molar-refractivity contribution in [3.63, 3.8) is 0 Å². The van der Waals surface area contributed by atoms with Gasteiger partial charge in [0.25, 0.3) is 0 Å². The van der Waals surface area contributed by atoms with Gasteiger partial charge in [0.1, 0.15) is 0 Å². The molecule has 0 saturated carbocycles. The summed E-state index contributed by atoms with van der Waals surface area (Å²) in [6.07, 6.45) is 1.42. The zero-order valence-corrected chi connectivity index (χ0v) is 11.7. The van der Waals surface area contributed by atoms with Crippen LogP contribution in [0.3, 0.4) is 0 Å². The fourth-order valence-electron chi connectivity index (χ4n) is 0.408. The van der Waals surface area contributed by atoms with Crippen molar-refractivity contribution in [3.8, 4) is 0 Å². The maximum atomic E-state index is 2.49. The van der Waals surface area contributed by atoms with E-state index in [4.69, 9.17) is 0 Å². The molecule has 60 valence electrons. The number of alkyl halides is 1. The molecule has 0 rings (SSSR count). The van der Waals surface area contributed by atoms with Crippen LogP contribution in [0.5, 0.6) is 0 Å². The molecule has 0 aromatic rings. The van der Waals surface area contributed by atoms with Crippen LogP contribution in [0.25, 0.3) is 0 Å². The maximum absolute atomic E-state index is 2.49. The predicted molar refractivity (Wildman–Crippen MR) is 53.9 cm³/mol. The van der Waals surface area contributed by atoms with Gasteiger partial charge in [0.15, 0.2) is 0 Å². The zero-order valence-electron chi connectivity index (χ0n) is 6.68. The van der Waals surface area contributed by atoms with Gasteiger partial charge in [0.05, 0.1) is 0 Å². The first kappa shape index (κ1) is 13.2. The molecule has 0 nitrogen and oxygen atoms in total. The first-order valence-electron chi connectivity index (χ1n) is 3.20. The molecule has 0 spiro atoms. The Kier molecular flexibility index (Phi) is 9.21. The number of hydrogen-bond acceptors (Lipinski definition) is 0. The Bertz CT molecular complexity index is 60.6. The van der Waals surface area contributed by atoms with Gasteiger partial charge < -0.3 is 0 Å². The van der Waals surface area contributed by atoms with Gasteiger partial charge in [0.2, 0.25) is 0 Å². The Morgan fingerprint density at radius 1 is 1.22 bits per heavy atom. The minimum atomic E-state index is -0.548. The summed E-state index contributed by atoms with van der Waals surface area (Å²) in [4.78, 5) is 0. The molecule has 0 atom stereocenters. The van der Waals surface area contributed by atoms with E-state index in [1.165, 1.54) is 6.42 Å². The molecule has 3 heteroatoms. The van der Waals surface area contributed by atoms with Gasteiger partial charge in [-0.1, -0.05) is 0 Å². The van der Waals surface area contributed by atoms with Crippen LogP contribution in [0.2, 0.25) is 19.6 Å². The van der Waals surface area contributed by atoms with Gasteiger partial charge in [-0.3, -0.25) is 0 Å². The van der Waals surface area contributed by atoms with Gasteiger partial charge in [-0.15, -0.1) is 0 Å². The van der Waals surface area contributed by atoms with Gasteiger partial charge in [-0.2, -0.15) is 0 Å². The summed E-state index contributed by atoms with van der Waals surface area (Å²) < 4.78 is 1.57. The second kappa shape index (κ2) is 6.29. The first-order valence-corrected chi connectivity index (χ1v) is 11.8. The molecule has 0 heterocycles. The summed E-state index contributed by atoms with van der Waals surface area (Å²) in [5.74, 6) is 0. The zero-order chi connectivity index (χ0) is 6.62. The van der Waals surface area contributed by atoms with Gasteiger partial charge in [0, 0.05) is 19.5 Å². The molecular weight excluding hydrogens is 328 g/mol. The summed E-state index contributed by atoms with van der Waals surface area (Å²) in [6.45, 7) is 9.77. The summed E-state index contributed by atoms with van der Waals surface area (Å²) in [7, 11) is 0. The van der Waals surface area contributed by atoms with Gasteiger partial charge in [-0.05, 0) is 0 Å². The molecule has 0 amide bonds. The number of hydrogen-bond donors (Lipinski definition) is 0. The molecule has 0 unspecified atom stereocenters. The average molecular weight is 345 g/mol. The Labute approximate surface area is 82.3 Å². The van der Waals surface area contributed by atoms with E-state index in [2.05, 4.69) is 26.6 Å². The van der Waals surface area contributed by atoms with Crippen molar-refractivity contribution in [1.29, 1.82) is 0 Å². The van der Waals surface area contributed by atoms with E-state index >= 15 is 0 Å². The molecule has 0 aromatic heterocycles. The van der Waals surface area contributed by atoms with E-state index in [0.29, 0.717) is 20.4 Å². The van der Waals surface area contributed by atoms with Crippen LogP contribution >= 0.6 is 20.4 Å². The minimum absolute atomic E-state index is 0. The molecule has 0 aliphatic rings. The van der Waals surface area contributed by atoms with E-state index in [-0.39, 0.29) is 19.5 Å². The standard InChI is InChI=1S/C6H17ISi.Ru/c1-5-6-7-8(2,3)4;/h7H,5-6H2,1-4H3;. The van der Waals surface area contributed by atoms with Crippen LogP contribution in [-0.4, -0.2) is 10.00 Å². The minimum Gasteiger partial charge on any atom is 0 e. The quantitative estimate of drug-likeness (QED) is 0.319. The van der Waals surface area contributed by atoms with Crippen LogP contribution in [0, 0.1) is 0 Å². The first-order chi connectivity index (χ1) is 3.56. The van der Waals surface area contributed by atoms with Crippen LogP contribution in [0.4, 0.5) is 0 Å². The smallest absolute Gasteiger partial charge is 0 e. The van der Waals surface area contributed by atoms with Crippen molar-refractivity contribution in [2.24, 2.45) is 0 Å². The fraction of sp³-hybridized carbons (Fsp3) is 1.00. The van der Waals surface area contributed by atoms with Gasteiger partial charge >= 0.3 is 63.4 Å². The summed E-state index contributed by atoms with van der Waals surface area (Å²) in [5, 5.41) is 0. The molecule has 9 heavy (non-hydrogen) atoms. The Balaban J connectivity index is 0. The average Bonchev–Trinajstić information content (AvgIpc) is 1.59. The summed E-state index contributed by atoms with van der Waals surface area (Å²) in [5.41, 5.74) is -0.548. The molecule has 0 N–H and O–H groups in total. The predicted octanol–water partition coefficient (Wildman–Crippen LogP) is 2.93. The summed E-state index contributed by atoms with van der Waals surface area (Å²) in [6, 6.07) is 0. The largest absolute Gasteiger partial charge is 0 e.